The number of esters is 4. The van der Waals surface area contributed by atoms with Crippen LogP contribution in [0.25, 0.3) is 32.7 Å². The van der Waals surface area contributed by atoms with E-state index >= 15 is 4.79 Å². The van der Waals surface area contributed by atoms with E-state index in [2.05, 4.69) is 43.6 Å². The molecule has 0 atom stereocenters. The minimum Gasteiger partial charge on any atom is -0.506 e. The van der Waals surface area contributed by atoms with Gasteiger partial charge in [-0.1, -0.05) is 436 Å². The Hall–Kier alpha value is -6.44. The van der Waals surface area contributed by atoms with Gasteiger partial charge < -0.3 is 40.0 Å². The van der Waals surface area contributed by atoms with Gasteiger partial charge in [0.05, 0.1) is 22.2 Å². The van der Waals surface area contributed by atoms with Crippen molar-refractivity contribution < 1.29 is 48.0 Å². The van der Waals surface area contributed by atoms with Gasteiger partial charge in [-0.2, -0.15) is 0 Å². The highest BCUT2D eigenvalue weighted by Crippen LogP contribution is 2.47. The molecule has 0 bridgehead atoms. The molecule has 4 N–H and O–H groups in total. The zero-order chi connectivity index (χ0) is 82.2. The number of Topliss-reactive ketones (excluding diaryl/α,β-unsaturated/α-hetero) is 1. The first-order valence-electron chi connectivity index (χ1n) is 48.6. The van der Waals surface area contributed by atoms with Gasteiger partial charge in [0.2, 0.25) is 5.78 Å². The molecule has 7 rings (SSSR count). The van der Waals surface area contributed by atoms with Crippen LogP contribution in [-0.2, 0) is 42.9 Å². The van der Waals surface area contributed by atoms with Crippen LogP contribution in [0.4, 0.5) is 17.1 Å². The number of allylic oxidation sites excluding steroid dienone is 2. The van der Waals surface area contributed by atoms with Crippen LogP contribution in [0.5, 0.6) is 0 Å². The van der Waals surface area contributed by atoms with Gasteiger partial charge in [-0.3, -0.25) is 24.0 Å². The molecule has 0 spiro atoms. The normalized spacial score (nSPS) is 14.3. The molecule has 0 radical (unpaired) electrons. The molecule has 0 unspecified atom stereocenters. The summed E-state index contributed by atoms with van der Waals surface area (Å²) in [6.07, 6.45) is 74.5. The number of hydrogen-bond donors (Lipinski definition) is 4. The van der Waals surface area contributed by atoms with Crippen LogP contribution in [0.1, 0.15) is 444 Å². The predicted octanol–water partition coefficient (Wildman–Crippen LogP) is 28.2. The Morgan fingerprint density at radius 3 is 0.922 bits per heavy atom. The highest BCUT2D eigenvalue weighted by atomic mass is 16.6. The minimum atomic E-state index is -1.48. The van der Waals surface area contributed by atoms with Crippen LogP contribution in [0.3, 0.4) is 0 Å². The Morgan fingerprint density at radius 2 is 0.603 bits per heavy atom. The number of nitrogens with zero attached hydrogens (tertiary/aromatic N) is 1. The van der Waals surface area contributed by atoms with Gasteiger partial charge in [0.1, 0.15) is 32.2 Å². The van der Waals surface area contributed by atoms with E-state index in [1.807, 2.05) is 60.7 Å². The smallest absolute Gasteiger partial charge is 0.305 e. The lowest BCUT2D eigenvalue weighted by Crippen LogP contribution is -2.56. The number of anilines is 3. The molecule has 0 aromatic heterocycles. The molecule has 1 aliphatic carbocycles. The summed E-state index contributed by atoms with van der Waals surface area (Å²) in [6, 6.07) is 19.2. The fourth-order valence-electron chi connectivity index (χ4n) is 17.5. The number of aliphatic hydroxyl groups is 1. The Labute approximate surface area is 703 Å². The number of ether oxygens (including phenoxy) is 4. The molecule has 2 heterocycles. The van der Waals surface area contributed by atoms with E-state index in [0.29, 0.717) is 64.3 Å². The zero-order valence-corrected chi connectivity index (χ0v) is 73.9. The van der Waals surface area contributed by atoms with Crippen molar-refractivity contribution in [2.45, 2.75) is 450 Å². The molecule has 2 aliphatic heterocycles. The summed E-state index contributed by atoms with van der Waals surface area (Å²) in [7, 11) is 0. The zero-order valence-electron chi connectivity index (χ0n) is 73.9. The Bertz CT molecular complexity index is 3500. The van der Waals surface area contributed by atoms with E-state index in [0.717, 1.165) is 93.2 Å². The molecular formula is C102H162N4O10. The summed E-state index contributed by atoms with van der Waals surface area (Å²) < 4.78 is 24.8. The van der Waals surface area contributed by atoms with Crippen molar-refractivity contribution in [1.82, 2.24) is 0 Å². The second-order valence-corrected chi connectivity index (χ2v) is 35.2. The van der Waals surface area contributed by atoms with Crippen molar-refractivity contribution in [2.24, 2.45) is 4.99 Å². The summed E-state index contributed by atoms with van der Waals surface area (Å²) in [5, 5.41) is 27.5. The summed E-state index contributed by atoms with van der Waals surface area (Å²) in [5.74, 6) is -2.04. The van der Waals surface area contributed by atoms with Crippen molar-refractivity contribution >= 4 is 79.4 Å². The molecule has 116 heavy (non-hydrogen) atoms. The quantitative estimate of drug-likeness (QED) is 0.0186. The lowest BCUT2D eigenvalue weighted by molar-refractivity contribution is -0.151. The van der Waals surface area contributed by atoms with E-state index in [9.17, 15) is 24.3 Å². The van der Waals surface area contributed by atoms with Gasteiger partial charge in [-0.15, -0.1) is 0 Å². The van der Waals surface area contributed by atoms with Gasteiger partial charge in [-0.25, -0.2) is 4.99 Å². The number of aliphatic hydroxyl groups excluding tert-OH is 1. The van der Waals surface area contributed by atoms with Crippen molar-refractivity contribution in [3.8, 4) is 0 Å². The molecule has 3 aliphatic rings. The van der Waals surface area contributed by atoms with Crippen LogP contribution in [0.15, 0.2) is 71.4 Å². The van der Waals surface area contributed by atoms with E-state index < -0.39 is 17.1 Å². The summed E-state index contributed by atoms with van der Waals surface area (Å²) in [4.78, 5) is 76.2. The number of nitrogens with one attached hydrogen (secondary N) is 3. The van der Waals surface area contributed by atoms with Crippen LogP contribution in [-0.4, -0.2) is 72.5 Å². The lowest BCUT2D eigenvalue weighted by Gasteiger charge is -2.41. The van der Waals surface area contributed by atoms with E-state index in [1.54, 1.807) is 0 Å². The van der Waals surface area contributed by atoms with Crippen molar-refractivity contribution in [3.05, 3.63) is 82.6 Å². The fourth-order valence-corrected chi connectivity index (χ4v) is 17.5. The average Bonchev–Trinajstić information content (AvgIpc) is 0.711. The molecule has 4 aromatic rings. The predicted molar refractivity (Wildman–Crippen MR) is 485 cm³/mol. The maximum atomic E-state index is 15.5. The van der Waals surface area contributed by atoms with Gasteiger partial charge >= 0.3 is 23.9 Å². The summed E-state index contributed by atoms with van der Waals surface area (Å²) >= 11 is 0. The molecular weight excluding hydrogens is 1440 g/mol. The number of rotatable bonds is 73. The number of carbonyl (C=O) groups excluding carboxylic acids is 5. The molecule has 650 valence electrons. The Balaban J connectivity index is 1.05. The first-order chi connectivity index (χ1) is 57.0. The molecule has 0 amide bonds. The standard InChI is InChI=1S/C102H162N4O10/c1-5-9-13-17-21-25-29-33-37-41-45-49-53-57-61-71-89(107)113-79-101(80-114-90(108)72-62-58-54-50-46-42-38-34-30-26-22-18-14-10-6-2)103-87-69-65-67-83-75-77-85(97(105-101)93(83)87)95-99(111)96(100(95)112)86-78-76-84-68-66-70-88-94(84)98(86)106-102(104-88,81-115-91(109)73-63-59-55-51-47-43-39-35-31-27-23-19-15-11-7-3)82-116-92(110)74-64-60-56-52-48-44-40-36-32-28-24-20-16-12-8-4/h65-70,75-78,103-105,111H,5-64,71-74,79-82H2,1-4H3/b96-86-. The van der Waals surface area contributed by atoms with Gasteiger partial charge in [0.15, 0.2) is 11.3 Å². The molecule has 4 aromatic carbocycles. The van der Waals surface area contributed by atoms with Crippen molar-refractivity contribution in [2.75, 3.05) is 42.4 Å². The van der Waals surface area contributed by atoms with E-state index in [4.69, 9.17) is 23.9 Å². The number of ketones is 1. The minimum absolute atomic E-state index is 0.0721. The molecule has 0 saturated carbocycles. The van der Waals surface area contributed by atoms with Crippen LogP contribution in [0, 0.1) is 0 Å². The van der Waals surface area contributed by atoms with Gasteiger partial charge in [0, 0.05) is 58.6 Å². The highest BCUT2D eigenvalue weighted by molar-refractivity contribution is 6.52. The summed E-state index contributed by atoms with van der Waals surface area (Å²) in [5.41, 5.74) is -0.378. The van der Waals surface area contributed by atoms with Gasteiger partial charge in [0.25, 0.3) is 0 Å². The summed E-state index contributed by atoms with van der Waals surface area (Å²) in [6.45, 7) is 8.20. The van der Waals surface area contributed by atoms with Crippen LogP contribution in [0.2, 0.25) is 0 Å². The average molecular weight is 1600 g/mol. The maximum absolute atomic E-state index is 15.5. The number of carbonyl (C=O) groups is 5. The van der Waals surface area contributed by atoms with Crippen LogP contribution >= 0.6 is 0 Å². The molecule has 0 fully saturated rings. The number of hydrogen-bond acceptors (Lipinski definition) is 14. The lowest BCUT2D eigenvalue weighted by atomic mass is 9.80. The second-order valence-electron chi connectivity index (χ2n) is 35.2. The number of unbranched alkanes of at least 4 members (excludes halogenated alkanes) is 56. The SMILES string of the molecule is CCCCCCCCCCCCCCCCCC(=O)OCC1(COC(=O)CCCCCCCCCCCCCCCCC)N=c2/c(=C3\C(=O)C(c4ccc5cccc6c5c4NC(COC(=O)CCCCCCCCCCCCCCCCC)(COC(=O)CCCCCCCCCCCCCCCCC)N6)=C3O)ccc3cccc(c23)N1. The third kappa shape index (κ3) is 36.2. The Kier molecular flexibility index (Phi) is 49.4. The first kappa shape index (κ1) is 96.7. The van der Waals surface area contributed by atoms with Crippen molar-refractivity contribution in [3.63, 3.8) is 0 Å². The number of benzene rings is 4. The van der Waals surface area contributed by atoms with E-state index in [1.165, 1.54) is 283 Å². The van der Waals surface area contributed by atoms with Crippen molar-refractivity contribution in [1.29, 1.82) is 0 Å². The molecule has 0 saturated heterocycles. The largest absolute Gasteiger partial charge is 0.506 e. The molecule has 14 nitrogen and oxygen atoms in total. The fraction of sp³-hybridized carbons (Fsp3) is 0.725. The van der Waals surface area contributed by atoms with Crippen LogP contribution < -0.4 is 26.5 Å². The monoisotopic (exact) mass is 1600 g/mol. The Morgan fingerprint density at radius 1 is 0.319 bits per heavy atom. The third-order valence-corrected chi connectivity index (χ3v) is 24.8. The topological polar surface area (TPSA) is 191 Å². The van der Waals surface area contributed by atoms with Gasteiger partial charge in [-0.05, 0) is 48.6 Å². The molecule has 14 heteroatoms. The van der Waals surface area contributed by atoms with E-state index in [-0.39, 0.29) is 92.9 Å². The first-order valence-corrected chi connectivity index (χ1v) is 48.6. The third-order valence-electron chi connectivity index (χ3n) is 24.8. The maximum Gasteiger partial charge on any atom is 0.305 e. The highest BCUT2D eigenvalue weighted by Gasteiger charge is 2.44. The second kappa shape index (κ2) is 59.3.